The van der Waals surface area contributed by atoms with Gasteiger partial charge in [0.15, 0.2) is 0 Å². The number of anilines is 1. The van der Waals surface area contributed by atoms with Crippen LogP contribution in [0.3, 0.4) is 0 Å². The number of sulfone groups is 1. The zero-order valence-electron chi connectivity index (χ0n) is 10.3. The quantitative estimate of drug-likeness (QED) is 0.799. The summed E-state index contributed by atoms with van der Waals surface area (Å²) in [6.07, 6.45) is 3.47. The third-order valence-electron chi connectivity index (χ3n) is 3.30. The van der Waals surface area contributed by atoms with Crippen LogP contribution >= 0.6 is 0 Å². The summed E-state index contributed by atoms with van der Waals surface area (Å²) in [6, 6.07) is 1.97. The summed E-state index contributed by atoms with van der Waals surface area (Å²) in [5, 5.41) is 4.33. The van der Waals surface area contributed by atoms with Crippen LogP contribution in [0.25, 0.3) is 0 Å². The van der Waals surface area contributed by atoms with E-state index >= 15 is 0 Å². The Kier molecular flexibility index (Phi) is 3.42. The molecule has 0 aliphatic carbocycles. The Bertz CT molecular complexity index is 467. The van der Waals surface area contributed by atoms with Gasteiger partial charge in [-0.05, 0) is 18.8 Å². The molecule has 2 rings (SSSR count). The van der Waals surface area contributed by atoms with E-state index in [0.29, 0.717) is 17.4 Å². The maximum Gasteiger partial charge on any atom is 0.150 e. The first-order valence-corrected chi connectivity index (χ1v) is 7.69. The van der Waals surface area contributed by atoms with Gasteiger partial charge in [0.05, 0.1) is 11.5 Å². The molecule has 1 aromatic heterocycles. The highest BCUT2D eigenvalue weighted by Crippen LogP contribution is 2.21. The minimum atomic E-state index is -2.75. The summed E-state index contributed by atoms with van der Waals surface area (Å²) in [5.74, 6) is 2.09. The number of aryl methyl sites for hydroxylation is 1. The third-order valence-corrected chi connectivity index (χ3v) is 5.01. The van der Waals surface area contributed by atoms with Crippen LogP contribution in [-0.2, 0) is 16.9 Å². The van der Waals surface area contributed by atoms with E-state index in [1.54, 1.807) is 4.68 Å². The van der Waals surface area contributed by atoms with Crippen molar-refractivity contribution in [1.29, 1.82) is 0 Å². The molecule has 0 radical (unpaired) electrons. The zero-order chi connectivity index (χ0) is 12.5. The second kappa shape index (κ2) is 4.68. The fraction of sp³-hybridized carbons (Fsp3) is 0.727. The van der Waals surface area contributed by atoms with Crippen LogP contribution < -0.4 is 4.90 Å². The molecular formula is C11H19N3O2S. The fourth-order valence-corrected chi connectivity index (χ4v) is 3.80. The van der Waals surface area contributed by atoms with Crippen molar-refractivity contribution in [2.45, 2.75) is 12.8 Å². The van der Waals surface area contributed by atoms with E-state index in [9.17, 15) is 8.42 Å². The lowest BCUT2D eigenvalue weighted by Crippen LogP contribution is -2.32. The molecule has 1 fully saturated rings. The van der Waals surface area contributed by atoms with E-state index in [1.165, 1.54) is 0 Å². The van der Waals surface area contributed by atoms with Crippen molar-refractivity contribution in [3.05, 3.63) is 12.3 Å². The number of aromatic nitrogens is 2. The molecule has 5 nitrogen and oxygen atoms in total. The van der Waals surface area contributed by atoms with E-state index < -0.39 is 9.84 Å². The van der Waals surface area contributed by atoms with Gasteiger partial charge < -0.3 is 4.90 Å². The lowest BCUT2D eigenvalue weighted by molar-refractivity contribution is 0.465. The summed E-state index contributed by atoms with van der Waals surface area (Å²) >= 11 is 0. The van der Waals surface area contributed by atoms with Crippen molar-refractivity contribution in [3.63, 3.8) is 0 Å². The van der Waals surface area contributed by atoms with Crippen LogP contribution in [0.15, 0.2) is 12.3 Å². The molecule has 0 spiro atoms. The van der Waals surface area contributed by atoms with E-state index in [4.69, 9.17) is 0 Å². The number of hydrogen-bond donors (Lipinski definition) is 0. The molecule has 0 amide bonds. The highest BCUT2D eigenvalue weighted by molar-refractivity contribution is 7.91. The van der Waals surface area contributed by atoms with Crippen molar-refractivity contribution in [3.8, 4) is 0 Å². The molecule has 2 heterocycles. The van der Waals surface area contributed by atoms with Crippen molar-refractivity contribution in [2.75, 3.05) is 30.0 Å². The van der Waals surface area contributed by atoms with E-state index in [0.717, 1.165) is 25.2 Å². The van der Waals surface area contributed by atoms with Crippen molar-refractivity contribution >= 4 is 15.7 Å². The first-order chi connectivity index (χ1) is 7.96. The summed E-state index contributed by atoms with van der Waals surface area (Å²) in [7, 11) is 1.15. The zero-order valence-corrected chi connectivity index (χ0v) is 11.2. The Morgan fingerprint density at radius 3 is 2.65 bits per heavy atom. The highest BCUT2D eigenvalue weighted by atomic mass is 32.2. The molecular weight excluding hydrogens is 238 g/mol. The van der Waals surface area contributed by atoms with Gasteiger partial charge in [-0.25, -0.2) is 8.42 Å². The van der Waals surface area contributed by atoms with Gasteiger partial charge in [0.25, 0.3) is 0 Å². The van der Waals surface area contributed by atoms with Gasteiger partial charge in [-0.3, -0.25) is 4.68 Å². The summed E-state index contributed by atoms with van der Waals surface area (Å²) < 4.78 is 24.4. The average molecular weight is 257 g/mol. The largest absolute Gasteiger partial charge is 0.358 e. The molecule has 0 N–H and O–H groups in total. The van der Waals surface area contributed by atoms with Crippen molar-refractivity contribution in [1.82, 2.24) is 9.78 Å². The molecule has 1 aliphatic heterocycles. The molecule has 0 bridgehead atoms. The first-order valence-electron chi connectivity index (χ1n) is 5.87. The highest BCUT2D eigenvalue weighted by Gasteiger charge is 2.24. The Morgan fingerprint density at radius 2 is 2.12 bits per heavy atom. The van der Waals surface area contributed by atoms with Gasteiger partial charge in [0, 0.05) is 32.9 Å². The molecule has 0 aromatic carbocycles. The van der Waals surface area contributed by atoms with Gasteiger partial charge in [0.1, 0.15) is 15.7 Å². The van der Waals surface area contributed by atoms with Crippen LogP contribution in [0, 0.1) is 5.92 Å². The Morgan fingerprint density at radius 1 is 1.47 bits per heavy atom. The van der Waals surface area contributed by atoms with Crippen LogP contribution in [0.4, 0.5) is 5.82 Å². The topological polar surface area (TPSA) is 55.2 Å². The van der Waals surface area contributed by atoms with Crippen LogP contribution in [0.5, 0.6) is 0 Å². The Labute approximate surface area is 102 Å². The predicted octanol–water partition coefficient (Wildman–Crippen LogP) is 0.681. The molecule has 1 aromatic rings. The fourth-order valence-electron chi connectivity index (χ4n) is 2.21. The number of nitrogens with zero attached hydrogens (tertiary/aromatic N) is 3. The molecule has 0 saturated carbocycles. The smallest absolute Gasteiger partial charge is 0.150 e. The van der Waals surface area contributed by atoms with Gasteiger partial charge in [-0.15, -0.1) is 0 Å². The summed E-state index contributed by atoms with van der Waals surface area (Å²) in [5.41, 5.74) is 0. The van der Waals surface area contributed by atoms with Crippen LogP contribution in [0.1, 0.15) is 12.8 Å². The van der Waals surface area contributed by atoms with Crippen molar-refractivity contribution < 1.29 is 8.42 Å². The molecule has 96 valence electrons. The molecule has 17 heavy (non-hydrogen) atoms. The standard InChI is InChI=1S/C11H19N3O2S/c1-13(11-3-6-14(2)12-11)9-10-4-7-17(15,16)8-5-10/h3,6,10H,4-5,7-9H2,1-2H3. The second-order valence-electron chi connectivity index (χ2n) is 4.82. The third kappa shape index (κ3) is 3.21. The number of rotatable bonds is 3. The van der Waals surface area contributed by atoms with E-state index in [2.05, 4.69) is 10.00 Å². The minimum Gasteiger partial charge on any atom is -0.358 e. The Hall–Kier alpha value is -1.04. The lowest BCUT2D eigenvalue weighted by atomic mass is 10.0. The van der Waals surface area contributed by atoms with Gasteiger partial charge >= 0.3 is 0 Å². The summed E-state index contributed by atoms with van der Waals surface area (Å²) in [6.45, 7) is 0.881. The number of hydrogen-bond acceptors (Lipinski definition) is 4. The minimum absolute atomic E-state index is 0.341. The summed E-state index contributed by atoms with van der Waals surface area (Å²) in [4.78, 5) is 2.10. The van der Waals surface area contributed by atoms with Crippen LogP contribution in [-0.4, -0.2) is 43.3 Å². The van der Waals surface area contributed by atoms with Gasteiger partial charge in [0.2, 0.25) is 0 Å². The van der Waals surface area contributed by atoms with Crippen LogP contribution in [0.2, 0.25) is 0 Å². The monoisotopic (exact) mass is 257 g/mol. The second-order valence-corrected chi connectivity index (χ2v) is 7.13. The van der Waals surface area contributed by atoms with Crippen molar-refractivity contribution in [2.24, 2.45) is 13.0 Å². The maximum atomic E-state index is 11.3. The first kappa shape index (κ1) is 12.4. The Balaban J connectivity index is 1.90. The maximum absolute atomic E-state index is 11.3. The van der Waals surface area contributed by atoms with Gasteiger partial charge in [-0.2, -0.15) is 5.10 Å². The molecule has 0 unspecified atom stereocenters. The molecule has 0 atom stereocenters. The lowest BCUT2D eigenvalue weighted by Gasteiger charge is -2.26. The van der Waals surface area contributed by atoms with Gasteiger partial charge in [-0.1, -0.05) is 0 Å². The molecule has 1 aliphatic rings. The van der Waals surface area contributed by atoms with E-state index in [-0.39, 0.29) is 0 Å². The predicted molar refractivity (Wildman–Crippen MR) is 67.9 cm³/mol. The SMILES string of the molecule is CN(CC1CCS(=O)(=O)CC1)c1ccn(C)n1. The molecule has 1 saturated heterocycles. The normalized spacial score (nSPS) is 20.4. The molecule has 6 heteroatoms. The average Bonchev–Trinajstić information content (AvgIpc) is 2.68. The van der Waals surface area contributed by atoms with E-state index in [1.807, 2.05) is 26.4 Å².